The maximum atomic E-state index is 12.3. The van der Waals surface area contributed by atoms with E-state index in [-0.39, 0.29) is 11.8 Å². The number of fused-ring (bicyclic) bond motifs is 1. The Hall–Kier alpha value is -3.00. The molecule has 0 N–H and O–H groups in total. The lowest BCUT2D eigenvalue weighted by Gasteiger charge is -2.13. The molecule has 0 aliphatic carbocycles. The number of imide groups is 1. The smallest absolute Gasteiger partial charge is 0.261 e. The number of rotatable bonds is 6. The van der Waals surface area contributed by atoms with Crippen LogP contribution in [0, 0.1) is 0 Å². The Labute approximate surface area is 154 Å². The van der Waals surface area contributed by atoms with Crippen LogP contribution in [0.2, 0.25) is 0 Å². The average molecular weight is 365 g/mol. The maximum absolute atomic E-state index is 12.3. The lowest BCUT2D eigenvalue weighted by molar-refractivity contribution is 0.0655. The molecule has 2 aromatic carbocycles. The predicted octanol–water partition coefficient (Wildman–Crippen LogP) is 2.44. The third-order valence-electron chi connectivity index (χ3n) is 4.08. The highest BCUT2D eigenvalue weighted by molar-refractivity contribution is 7.99. The molecular weight excluding hydrogens is 350 g/mol. The van der Waals surface area contributed by atoms with E-state index in [0.29, 0.717) is 35.0 Å². The van der Waals surface area contributed by atoms with Gasteiger partial charge in [-0.1, -0.05) is 42.1 Å². The molecule has 1 aromatic heterocycles. The van der Waals surface area contributed by atoms with E-state index in [2.05, 4.69) is 15.5 Å². The Morgan fingerprint density at radius 2 is 1.54 bits per heavy atom. The van der Waals surface area contributed by atoms with Crippen LogP contribution in [0.5, 0.6) is 0 Å². The first-order valence-corrected chi connectivity index (χ1v) is 9.16. The number of thioether (sulfide) groups is 1. The average Bonchev–Trinajstić information content (AvgIpc) is 3.24. The van der Waals surface area contributed by atoms with Gasteiger partial charge in [0.1, 0.15) is 0 Å². The highest BCUT2D eigenvalue weighted by Gasteiger charge is 2.34. The number of tetrazole rings is 1. The summed E-state index contributed by atoms with van der Waals surface area (Å²) in [5.41, 5.74) is 1.86. The van der Waals surface area contributed by atoms with Crippen LogP contribution < -0.4 is 0 Å². The summed E-state index contributed by atoms with van der Waals surface area (Å²) in [5.74, 6) is 0.259. The number of aromatic nitrogens is 4. The number of carbonyl (C=O) groups is 2. The van der Waals surface area contributed by atoms with Gasteiger partial charge < -0.3 is 0 Å². The SMILES string of the molecule is O=C1c2ccccc2C(=O)N1CCCSc1nnnn1-c1ccccc1. The summed E-state index contributed by atoms with van der Waals surface area (Å²) in [6, 6.07) is 16.6. The molecule has 7 nitrogen and oxygen atoms in total. The minimum atomic E-state index is -0.218. The molecule has 0 saturated carbocycles. The van der Waals surface area contributed by atoms with E-state index in [1.54, 1.807) is 28.9 Å². The van der Waals surface area contributed by atoms with Crippen molar-refractivity contribution in [3.8, 4) is 5.69 Å². The molecule has 26 heavy (non-hydrogen) atoms. The van der Waals surface area contributed by atoms with Crippen LogP contribution in [-0.4, -0.2) is 49.2 Å². The van der Waals surface area contributed by atoms with Crippen molar-refractivity contribution in [3.05, 3.63) is 65.7 Å². The molecule has 0 spiro atoms. The van der Waals surface area contributed by atoms with Gasteiger partial charge in [-0.05, 0) is 41.1 Å². The molecule has 0 radical (unpaired) electrons. The summed E-state index contributed by atoms with van der Waals surface area (Å²) in [5, 5.41) is 12.5. The van der Waals surface area contributed by atoms with Crippen molar-refractivity contribution >= 4 is 23.6 Å². The zero-order chi connectivity index (χ0) is 17.9. The van der Waals surface area contributed by atoms with E-state index in [0.717, 1.165) is 5.69 Å². The Kier molecular flexibility index (Phi) is 4.49. The monoisotopic (exact) mass is 365 g/mol. The summed E-state index contributed by atoms with van der Waals surface area (Å²) < 4.78 is 1.67. The number of hydrogen-bond donors (Lipinski definition) is 0. The van der Waals surface area contributed by atoms with Crippen LogP contribution in [0.4, 0.5) is 0 Å². The summed E-state index contributed by atoms with van der Waals surface area (Å²) in [7, 11) is 0. The van der Waals surface area contributed by atoms with E-state index in [4.69, 9.17) is 0 Å². The first-order valence-electron chi connectivity index (χ1n) is 8.17. The van der Waals surface area contributed by atoms with Gasteiger partial charge in [-0.25, -0.2) is 0 Å². The van der Waals surface area contributed by atoms with Gasteiger partial charge >= 0.3 is 0 Å². The Morgan fingerprint density at radius 3 is 2.23 bits per heavy atom. The van der Waals surface area contributed by atoms with Gasteiger partial charge in [0.15, 0.2) is 0 Å². The second kappa shape index (κ2) is 7.09. The van der Waals surface area contributed by atoms with Crippen LogP contribution in [-0.2, 0) is 0 Å². The van der Waals surface area contributed by atoms with Gasteiger partial charge in [-0.2, -0.15) is 4.68 Å². The van der Waals surface area contributed by atoms with Crippen molar-refractivity contribution < 1.29 is 9.59 Å². The topological polar surface area (TPSA) is 81.0 Å². The molecule has 2 heterocycles. The van der Waals surface area contributed by atoms with Crippen molar-refractivity contribution in [2.75, 3.05) is 12.3 Å². The molecule has 0 atom stereocenters. The van der Waals surface area contributed by atoms with Gasteiger partial charge in [-0.15, -0.1) is 5.10 Å². The fraction of sp³-hybridized carbons (Fsp3) is 0.167. The molecule has 0 fully saturated rings. The van der Waals surface area contributed by atoms with E-state index >= 15 is 0 Å². The number of hydrogen-bond acceptors (Lipinski definition) is 6. The Morgan fingerprint density at radius 1 is 0.885 bits per heavy atom. The first-order chi connectivity index (χ1) is 12.8. The zero-order valence-corrected chi connectivity index (χ0v) is 14.6. The molecule has 0 saturated heterocycles. The van der Waals surface area contributed by atoms with Crippen molar-refractivity contribution in [2.24, 2.45) is 0 Å². The van der Waals surface area contributed by atoms with Crippen LogP contribution in [0.1, 0.15) is 27.1 Å². The Bertz CT molecular complexity index is 922. The predicted molar refractivity (Wildman–Crippen MR) is 96.3 cm³/mol. The van der Waals surface area contributed by atoms with Crippen molar-refractivity contribution in [2.45, 2.75) is 11.6 Å². The van der Waals surface area contributed by atoms with Gasteiger partial charge in [0.05, 0.1) is 16.8 Å². The number of carbonyl (C=O) groups excluding carboxylic acids is 2. The van der Waals surface area contributed by atoms with Gasteiger partial charge in [0, 0.05) is 12.3 Å². The molecule has 1 aliphatic heterocycles. The minimum absolute atomic E-state index is 0.218. The maximum Gasteiger partial charge on any atom is 0.261 e. The highest BCUT2D eigenvalue weighted by Crippen LogP contribution is 2.24. The van der Waals surface area contributed by atoms with Crippen molar-refractivity contribution in [1.82, 2.24) is 25.1 Å². The standard InChI is InChI=1S/C18H15N5O2S/c24-16-14-9-4-5-10-15(14)17(25)22(16)11-6-12-26-18-19-20-21-23(18)13-7-2-1-3-8-13/h1-5,7-10H,6,11-12H2. The number of amides is 2. The van der Waals surface area contributed by atoms with E-state index in [9.17, 15) is 9.59 Å². The van der Waals surface area contributed by atoms with Crippen LogP contribution in [0.15, 0.2) is 59.8 Å². The molecule has 1 aliphatic rings. The molecular formula is C18H15N5O2S. The van der Waals surface area contributed by atoms with Crippen LogP contribution in [0.3, 0.4) is 0 Å². The third kappa shape index (κ3) is 2.99. The molecule has 4 rings (SSSR count). The lowest BCUT2D eigenvalue weighted by atomic mass is 10.1. The fourth-order valence-corrected chi connectivity index (χ4v) is 3.64. The third-order valence-corrected chi connectivity index (χ3v) is 5.08. The van der Waals surface area contributed by atoms with Crippen LogP contribution >= 0.6 is 11.8 Å². The fourth-order valence-electron chi connectivity index (χ4n) is 2.83. The zero-order valence-electron chi connectivity index (χ0n) is 13.8. The molecule has 8 heteroatoms. The van der Waals surface area contributed by atoms with E-state index < -0.39 is 0 Å². The first kappa shape index (κ1) is 16.5. The second-order valence-corrected chi connectivity index (χ2v) is 6.78. The van der Waals surface area contributed by atoms with E-state index in [1.165, 1.54) is 16.7 Å². The molecule has 0 bridgehead atoms. The summed E-state index contributed by atoms with van der Waals surface area (Å²) >= 11 is 1.50. The van der Waals surface area contributed by atoms with Crippen molar-refractivity contribution in [3.63, 3.8) is 0 Å². The second-order valence-electron chi connectivity index (χ2n) is 5.72. The summed E-state index contributed by atoms with van der Waals surface area (Å²) in [6.07, 6.45) is 0.664. The van der Waals surface area contributed by atoms with Crippen LogP contribution in [0.25, 0.3) is 5.69 Å². The molecule has 3 aromatic rings. The lowest BCUT2D eigenvalue weighted by Crippen LogP contribution is -2.31. The van der Waals surface area contributed by atoms with Gasteiger partial charge in [-0.3, -0.25) is 14.5 Å². The largest absolute Gasteiger partial charge is 0.274 e. The molecule has 130 valence electrons. The van der Waals surface area contributed by atoms with Gasteiger partial charge in [0.2, 0.25) is 5.16 Å². The highest BCUT2D eigenvalue weighted by atomic mass is 32.2. The number of benzene rings is 2. The number of nitrogens with zero attached hydrogens (tertiary/aromatic N) is 5. The molecule has 2 amide bonds. The minimum Gasteiger partial charge on any atom is -0.274 e. The molecule has 0 unspecified atom stereocenters. The quantitative estimate of drug-likeness (QED) is 0.379. The van der Waals surface area contributed by atoms with Crippen molar-refractivity contribution in [1.29, 1.82) is 0 Å². The normalized spacial score (nSPS) is 13.3. The van der Waals surface area contributed by atoms with Gasteiger partial charge in [0.25, 0.3) is 11.8 Å². The summed E-state index contributed by atoms with van der Waals surface area (Å²) in [4.78, 5) is 26.0. The Balaban J connectivity index is 1.35. The number of para-hydroxylation sites is 1. The van der Waals surface area contributed by atoms with E-state index in [1.807, 2.05) is 30.3 Å². The summed E-state index contributed by atoms with van der Waals surface area (Å²) in [6.45, 7) is 0.381.